The van der Waals surface area contributed by atoms with E-state index in [9.17, 15) is 18.0 Å². The Morgan fingerprint density at radius 3 is 2.59 bits per heavy atom. The van der Waals surface area contributed by atoms with Crippen LogP contribution in [0.2, 0.25) is 0 Å². The molecule has 0 fully saturated rings. The van der Waals surface area contributed by atoms with Gasteiger partial charge in [-0.15, -0.1) is 0 Å². The van der Waals surface area contributed by atoms with Crippen LogP contribution in [0.3, 0.4) is 0 Å². The highest BCUT2D eigenvalue weighted by Gasteiger charge is 2.34. The highest BCUT2D eigenvalue weighted by molar-refractivity contribution is 9.10. The van der Waals surface area contributed by atoms with E-state index in [1.165, 1.54) is 23.7 Å². The van der Waals surface area contributed by atoms with Crippen molar-refractivity contribution in [3.8, 4) is 0 Å². The Kier molecular flexibility index (Phi) is 5.14. The Balaban J connectivity index is 1.73. The molecule has 5 nitrogen and oxygen atoms in total. The lowest BCUT2D eigenvalue weighted by atomic mass is 10.2. The number of aromatic nitrogens is 2. The van der Waals surface area contributed by atoms with Gasteiger partial charge >= 0.3 is 6.18 Å². The number of nitrogens with one attached hydrogen (secondary N) is 1. The molecule has 9 heteroatoms. The van der Waals surface area contributed by atoms with Crippen LogP contribution < -0.4 is 5.32 Å². The molecule has 0 aliphatic carbocycles. The summed E-state index contributed by atoms with van der Waals surface area (Å²) in [5.41, 5.74) is 0.890. The van der Waals surface area contributed by atoms with E-state index in [0.717, 1.165) is 16.1 Å². The summed E-state index contributed by atoms with van der Waals surface area (Å²) in [5.74, 6) is -0.0550. The summed E-state index contributed by atoms with van der Waals surface area (Å²) in [4.78, 5) is 12.3. The first kappa shape index (κ1) is 19.2. The summed E-state index contributed by atoms with van der Waals surface area (Å²) >= 11 is 3.35. The molecule has 0 saturated carbocycles. The van der Waals surface area contributed by atoms with E-state index in [2.05, 4.69) is 26.3 Å². The predicted octanol–water partition coefficient (Wildman–Crippen LogP) is 5.17. The van der Waals surface area contributed by atoms with Crippen LogP contribution in [0.4, 0.5) is 18.9 Å². The number of halogens is 4. The normalized spacial score (nSPS) is 11.6. The molecule has 0 aliphatic rings. The van der Waals surface area contributed by atoms with E-state index >= 15 is 0 Å². The van der Waals surface area contributed by atoms with E-state index in [4.69, 9.17) is 4.42 Å². The first-order valence-electron chi connectivity index (χ1n) is 7.91. The fourth-order valence-electron chi connectivity index (χ4n) is 2.49. The summed E-state index contributed by atoms with van der Waals surface area (Å²) < 4.78 is 45.8. The number of alkyl halides is 3. The second kappa shape index (κ2) is 7.22. The van der Waals surface area contributed by atoms with Crippen LogP contribution >= 0.6 is 15.9 Å². The molecule has 2 aromatic heterocycles. The summed E-state index contributed by atoms with van der Waals surface area (Å²) in [6, 6.07) is 9.40. The van der Waals surface area contributed by atoms with Gasteiger partial charge in [-0.3, -0.25) is 9.48 Å². The molecule has 1 amide bonds. The lowest BCUT2D eigenvalue weighted by Crippen LogP contribution is -2.12. The van der Waals surface area contributed by atoms with Gasteiger partial charge in [-0.1, -0.05) is 15.9 Å². The molecule has 0 unspecified atom stereocenters. The van der Waals surface area contributed by atoms with E-state index in [0.29, 0.717) is 17.1 Å². The molecule has 0 spiro atoms. The number of aryl methyl sites for hydroxylation is 2. The molecule has 3 aromatic rings. The molecule has 2 heterocycles. The summed E-state index contributed by atoms with van der Waals surface area (Å²) in [6.45, 7) is 3.37. The van der Waals surface area contributed by atoms with Crippen LogP contribution in [-0.2, 0) is 12.7 Å². The van der Waals surface area contributed by atoms with Crippen molar-refractivity contribution in [2.45, 2.75) is 26.6 Å². The SMILES string of the molecule is Cc1cc(Br)ccc1NC(=O)c1ccc(Cn2nc(C(F)(F)F)cc2C)o1. The Bertz CT molecular complexity index is 992. The predicted molar refractivity (Wildman–Crippen MR) is 96.6 cm³/mol. The van der Waals surface area contributed by atoms with Crippen molar-refractivity contribution in [2.75, 3.05) is 5.32 Å². The topological polar surface area (TPSA) is 60.1 Å². The molecule has 0 atom stereocenters. The minimum atomic E-state index is -4.51. The first-order valence-corrected chi connectivity index (χ1v) is 8.70. The summed E-state index contributed by atoms with van der Waals surface area (Å²) in [5, 5.41) is 6.29. The molecule has 0 radical (unpaired) electrons. The zero-order valence-corrected chi connectivity index (χ0v) is 16.0. The highest BCUT2D eigenvalue weighted by atomic mass is 79.9. The molecule has 27 heavy (non-hydrogen) atoms. The number of carbonyl (C=O) groups excluding carboxylic acids is 1. The number of nitrogens with zero attached hydrogens (tertiary/aromatic N) is 2. The van der Waals surface area contributed by atoms with Gasteiger partial charge < -0.3 is 9.73 Å². The fourth-order valence-corrected chi connectivity index (χ4v) is 2.97. The van der Waals surface area contributed by atoms with Crippen molar-refractivity contribution in [3.63, 3.8) is 0 Å². The van der Waals surface area contributed by atoms with Crippen LogP contribution in [0, 0.1) is 13.8 Å². The largest absolute Gasteiger partial charge is 0.454 e. The molecule has 3 rings (SSSR count). The standard InChI is InChI=1S/C18H15BrF3N3O2/c1-10-7-12(19)3-5-14(10)23-17(26)15-6-4-13(27-15)9-25-11(2)8-16(24-25)18(20,21)22/h3-8H,9H2,1-2H3,(H,23,26). The van der Waals surface area contributed by atoms with Gasteiger partial charge in [-0.05, 0) is 55.8 Å². The van der Waals surface area contributed by atoms with Gasteiger partial charge in [-0.2, -0.15) is 18.3 Å². The Labute approximate surface area is 161 Å². The van der Waals surface area contributed by atoms with Gasteiger partial charge in [0.15, 0.2) is 11.5 Å². The minimum absolute atomic E-state index is 0.00744. The number of benzene rings is 1. The van der Waals surface area contributed by atoms with Crippen LogP contribution in [0.25, 0.3) is 0 Å². The number of hydrogen-bond acceptors (Lipinski definition) is 3. The maximum Gasteiger partial charge on any atom is 0.435 e. The number of furan rings is 1. The van der Waals surface area contributed by atoms with Crippen molar-refractivity contribution in [1.29, 1.82) is 0 Å². The van der Waals surface area contributed by atoms with Gasteiger partial charge in [0, 0.05) is 15.9 Å². The molecule has 0 bridgehead atoms. The van der Waals surface area contributed by atoms with Crippen LogP contribution in [0.1, 0.15) is 33.3 Å². The van der Waals surface area contributed by atoms with E-state index < -0.39 is 17.8 Å². The zero-order valence-electron chi connectivity index (χ0n) is 14.4. The zero-order chi connectivity index (χ0) is 19.8. The van der Waals surface area contributed by atoms with Gasteiger partial charge in [0.1, 0.15) is 5.76 Å². The molecular formula is C18H15BrF3N3O2. The average Bonchev–Trinajstić information content (AvgIpc) is 3.18. The van der Waals surface area contributed by atoms with E-state index in [-0.39, 0.29) is 12.3 Å². The van der Waals surface area contributed by atoms with Gasteiger partial charge in [-0.25, -0.2) is 0 Å². The van der Waals surface area contributed by atoms with Crippen LogP contribution in [0.15, 0.2) is 45.3 Å². The van der Waals surface area contributed by atoms with Crippen molar-refractivity contribution in [1.82, 2.24) is 9.78 Å². The van der Waals surface area contributed by atoms with E-state index in [1.54, 1.807) is 12.1 Å². The Hall–Kier alpha value is -2.55. The smallest absolute Gasteiger partial charge is 0.435 e. The highest BCUT2D eigenvalue weighted by Crippen LogP contribution is 2.28. The van der Waals surface area contributed by atoms with Crippen molar-refractivity contribution in [2.24, 2.45) is 0 Å². The van der Waals surface area contributed by atoms with Crippen LogP contribution in [-0.4, -0.2) is 15.7 Å². The Morgan fingerprint density at radius 2 is 1.96 bits per heavy atom. The molecule has 0 saturated heterocycles. The molecule has 0 aliphatic heterocycles. The average molecular weight is 442 g/mol. The number of carbonyl (C=O) groups is 1. The fraction of sp³-hybridized carbons (Fsp3) is 0.222. The molecule has 142 valence electrons. The maximum atomic E-state index is 12.7. The number of hydrogen-bond donors (Lipinski definition) is 1. The van der Waals surface area contributed by atoms with Gasteiger partial charge in [0.2, 0.25) is 0 Å². The first-order chi connectivity index (χ1) is 12.6. The Morgan fingerprint density at radius 1 is 1.22 bits per heavy atom. The lowest BCUT2D eigenvalue weighted by Gasteiger charge is -2.07. The quantitative estimate of drug-likeness (QED) is 0.606. The minimum Gasteiger partial charge on any atom is -0.454 e. The second-order valence-electron chi connectivity index (χ2n) is 6.01. The van der Waals surface area contributed by atoms with Crippen molar-refractivity contribution in [3.05, 3.63) is 69.3 Å². The molecule has 1 N–H and O–H groups in total. The van der Waals surface area contributed by atoms with E-state index in [1.807, 2.05) is 13.0 Å². The van der Waals surface area contributed by atoms with Gasteiger partial charge in [0.05, 0.1) is 6.54 Å². The number of anilines is 1. The van der Waals surface area contributed by atoms with Gasteiger partial charge in [0.25, 0.3) is 5.91 Å². The summed E-state index contributed by atoms with van der Waals surface area (Å²) in [7, 11) is 0. The second-order valence-corrected chi connectivity index (χ2v) is 6.92. The number of amides is 1. The molecule has 1 aromatic carbocycles. The third-order valence-corrected chi connectivity index (χ3v) is 4.39. The lowest BCUT2D eigenvalue weighted by molar-refractivity contribution is -0.141. The molecular weight excluding hydrogens is 427 g/mol. The number of rotatable bonds is 4. The third kappa shape index (κ3) is 4.41. The van der Waals surface area contributed by atoms with Crippen LogP contribution in [0.5, 0.6) is 0 Å². The van der Waals surface area contributed by atoms with Crippen molar-refractivity contribution >= 4 is 27.5 Å². The maximum absolute atomic E-state index is 12.7. The third-order valence-electron chi connectivity index (χ3n) is 3.90. The summed E-state index contributed by atoms with van der Waals surface area (Å²) in [6.07, 6.45) is -4.51. The monoisotopic (exact) mass is 441 g/mol. The van der Waals surface area contributed by atoms with Crippen molar-refractivity contribution < 1.29 is 22.4 Å².